The minimum atomic E-state index is -0.158. The Bertz CT molecular complexity index is 755. The average Bonchev–Trinajstić information content (AvgIpc) is 2.68. The topological polar surface area (TPSA) is 78.6 Å². The summed E-state index contributed by atoms with van der Waals surface area (Å²) in [5, 5.41) is 12.7. The quantitative estimate of drug-likeness (QED) is 0.657. The molecule has 0 aromatic heterocycles. The van der Waals surface area contributed by atoms with Crippen molar-refractivity contribution in [3.63, 3.8) is 0 Å². The number of benzene rings is 2. The number of anilines is 1. The first-order valence-electron chi connectivity index (χ1n) is 9.69. The summed E-state index contributed by atoms with van der Waals surface area (Å²) in [4.78, 5) is 14.6. The zero-order chi connectivity index (χ0) is 19.1. The second kappa shape index (κ2) is 9.53. The van der Waals surface area contributed by atoms with Gasteiger partial charge in [-0.1, -0.05) is 42.5 Å². The van der Waals surface area contributed by atoms with E-state index >= 15 is 0 Å². The van der Waals surface area contributed by atoms with E-state index in [0.717, 1.165) is 49.3 Å². The van der Waals surface area contributed by atoms with E-state index in [-0.39, 0.29) is 12.0 Å². The summed E-state index contributed by atoms with van der Waals surface area (Å²) >= 11 is 0. The van der Waals surface area contributed by atoms with Gasteiger partial charge in [0.15, 0.2) is 0 Å². The van der Waals surface area contributed by atoms with Gasteiger partial charge in [-0.25, -0.2) is 0 Å². The third kappa shape index (κ3) is 5.81. The molecule has 27 heavy (non-hydrogen) atoms. The van der Waals surface area contributed by atoms with E-state index in [4.69, 9.17) is 5.73 Å². The first kappa shape index (κ1) is 19.4. The number of nitrogens with zero attached hydrogens (tertiary/aromatic N) is 1. The molecular formula is C22H29N3O2. The van der Waals surface area contributed by atoms with Gasteiger partial charge in [0.1, 0.15) is 0 Å². The van der Waals surface area contributed by atoms with Crippen molar-refractivity contribution < 1.29 is 9.90 Å². The highest BCUT2D eigenvalue weighted by Crippen LogP contribution is 2.17. The zero-order valence-electron chi connectivity index (χ0n) is 15.7. The number of carbonyl (C=O) groups is 1. The molecule has 1 amide bonds. The Morgan fingerprint density at radius 3 is 2.37 bits per heavy atom. The molecular weight excluding hydrogens is 338 g/mol. The number of amides is 1. The number of para-hydroxylation sites is 1. The molecule has 0 atom stereocenters. The number of carbonyl (C=O) groups excluding carboxylic acids is 1. The fourth-order valence-electron chi connectivity index (χ4n) is 3.49. The van der Waals surface area contributed by atoms with E-state index in [0.29, 0.717) is 19.4 Å². The predicted molar refractivity (Wildman–Crippen MR) is 108 cm³/mol. The Labute approximate surface area is 161 Å². The average molecular weight is 367 g/mol. The van der Waals surface area contributed by atoms with Crippen LogP contribution in [0.5, 0.6) is 0 Å². The molecule has 0 bridgehead atoms. The maximum absolute atomic E-state index is 12.2. The Hall–Kier alpha value is -2.37. The number of rotatable bonds is 7. The van der Waals surface area contributed by atoms with E-state index in [1.165, 1.54) is 5.56 Å². The van der Waals surface area contributed by atoms with Crippen molar-refractivity contribution in [2.45, 2.75) is 44.9 Å². The molecule has 3 rings (SSSR count). The molecule has 1 saturated heterocycles. The summed E-state index contributed by atoms with van der Waals surface area (Å²) in [6.07, 6.45) is 2.59. The van der Waals surface area contributed by atoms with Gasteiger partial charge in [0.2, 0.25) is 5.91 Å². The number of likely N-dealkylation sites (tertiary alicyclic amines) is 1. The maximum atomic E-state index is 12.2. The number of piperidine rings is 1. The Balaban J connectivity index is 1.50. The number of aliphatic hydroxyl groups is 1. The summed E-state index contributed by atoms with van der Waals surface area (Å²) < 4.78 is 0. The number of nitrogens with one attached hydrogen (secondary N) is 1. The summed E-state index contributed by atoms with van der Waals surface area (Å²) in [7, 11) is 0. The molecule has 1 aliphatic heterocycles. The lowest BCUT2D eigenvalue weighted by atomic mass is 10.0. The van der Waals surface area contributed by atoms with Crippen molar-refractivity contribution in [1.29, 1.82) is 0 Å². The van der Waals surface area contributed by atoms with Crippen molar-refractivity contribution in [2.24, 2.45) is 0 Å². The van der Waals surface area contributed by atoms with Crippen LogP contribution in [0.1, 0.15) is 36.0 Å². The van der Waals surface area contributed by atoms with Gasteiger partial charge in [0, 0.05) is 38.3 Å². The minimum absolute atomic E-state index is 0.0363. The molecule has 0 unspecified atom stereocenters. The number of nitrogen functional groups attached to an aromatic ring is 1. The molecule has 5 nitrogen and oxygen atoms in total. The summed E-state index contributed by atoms with van der Waals surface area (Å²) in [6.45, 7) is 3.23. The van der Waals surface area contributed by atoms with Gasteiger partial charge in [0.05, 0.1) is 6.10 Å². The van der Waals surface area contributed by atoms with Crippen LogP contribution in [0.15, 0.2) is 48.5 Å². The molecule has 0 spiro atoms. The van der Waals surface area contributed by atoms with Crippen LogP contribution < -0.4 is 11.1 Å². The SMILES string of the molecule is Nc1ccccc1CCC(=O)NCc1ccccc1CN1CCC(O)CC1. The molecule has 0 aliphatic carbocycles. The van der Waals surface area contributed by atoms with Gasteiger partial charge in [-0.15, -0.1) is 0 Å². The monoisotopic (exact) mass is 367 g/mol. The maximum Gasteiger partial charge on any atom is 0.220 e. The highest BCUT2D eigenvalue weighted by molar-refractivity contribution is 5.76. The van der Waals surface area contributed by atoms with Crippen LogP contribution in [0.3, 0.4) is 0 Å². The smallest absolute Gasteiger partial charge is 0.220 e. The van der Waals surface area contributed by atoms with E-state index < -0.39 is 0 Å². The summed E-state index contributed by atoms with van der Waals surface area (Å²) in [5.41, 5.74) is 10.1. The predicted octanol–water partition coefficient (Wildman–Crippen LogP) is 2.47. The lowest BCUT2D eigenvalue weighted by Gasteiger charge is -2.30. The third-order valence-corrected chi connectivity index (χ3v) is 5.22. The molecule has 4 N–H and O–H groups in total. The highest BCUT2D eigenvalue weighted by Gasteiger charge is 2.17. The van der Waals surface area contributed by atoms with Crippen molar-refractivity contribution in [1.82, 2.24) is 10.2 Å². The molecule has 2 aromatic rings. The summed E-state index contributed by atoms with van der Waals surface area (Å²) in [6, 6.07) is 15.9. The van der Waals surface area contributed by atoms with Crippen molar-refractivity contribution in [3.8, 4) is 0 Å². The first-order valence-corrected chi connectivity index (χ1v) is 9.69. The number of hydrogen-bond donors (Lipinski definition) is 3. The van der Waals surface area contributed by atoms with Crippen LogP contribution in [-0.4, -0.2) is 35.1 Å². The van der Waals surface area contributed by atoms with Gasteiger partial charge in [-0.2, -0.15) is 0 Å². The Morgan fingerprint density at radius 2 is 1.67 bits per heavy atom. The Kier molecular flexibility index (Phi) is 6.85. The molecule has 2 aromatic carbocycles. The lowest BCUT2D eigenvalue weighted by Crippen LogP contribution is -2.35. The van der Waals surface area contributed by atoms with Gasteiger partial charge >= 0.3 is 0 Å². The zero-order valence-corrected chi connectivity index (χ0v) is 15.7. The molecule has 1 fully saturated rings. The first-order chi connectivity index (χ1) is 13.1. The van der Waals surface area contributed by atoms with Crippen LogP contribution in [0, 0.1) is 0 Å². The molecule has 144 valence electrons. The number of aryl methyl sites for hydroxylation is 1. The lowest BCUT2D eigenvalue weighted by molar-refractivity contribution is -0.121. The van der Waals surface area contributed by atoms with Gasteiger partial charge in [-0.05, 0) is 42.0 Å². The van der Waals surface area contributed by atoms with E-state index in [1.807, 2.05) is 36.4 Å². The molecule has 0 saturated carbocycles. The van der Waals surface area contributed by atoms with Crippen molar-refractivity contribution >= 4 is 11.6 Å². The second-order valence-corrected chi connectivity index (χ2v) is 7.25. The molecule has 1 heterocycles. The number of hydrogen-bond acceptors (Lipinski definition) is 4. The summed E-state index contributed by atoms with van der Waals surface area (Å²) in [5.74, 6) is 0.0363. The molecule has 0 radical (unpaired) electrons. The fraction of sp³-hybridized carbons (Fsp3) is 0.409. The van der Waals surface area contributed by atoms with Crippen molar-refractivity contribution in [2.75, 3.05) is 18.8 Å². The third-order valence-electron chi connectivity index (χ3n) is 5.22. The largest absolute Gasteiger partial charge is 0.399 e. The van der Waals surface area contributed by atoms with Crippen LogP contribution >= 0.6 is 0 Å². The number of nitrogens with two attached hydrogens (primary N) is 1. The highest BCUT2D eigenvalue weighted by atomic mass is 16.3. The normalized spacial score (nSPS) is 15.6. The fourth-order valence-corrected chi connectivity index (χ4v) is 3.49. The van der Waals surface area contributed by atoms with Gasteiger partial charge in [-0.3, -0.25) is 9.69 Å². The van der Waals surface area contributed by atoms with E-state index in [9.17, 15) is 9.90 Å². The van der Waals surface area contributed by atoms with Gasteiger partial charge < -0.3 is 16.2 Å². The molecule has 5 heteroatoms. The van der Waals surface area contributed by atoms with Crippen molar-refractivity contribution in [3.05, 3.63) is 65.2 Å². The number of aliphatic hydroxyl groups excluding tert-OH is 1. The Morgan fingerprint density at radius 1 is 1.04 bits per heavy atom. The van der Waals surface area contributed by atoms with Crippen LogP contribution in [0.4, 0.5) is 5.69 Å². The van der Waals surface area contributed by atoms with Crippen LogP contribution in [-0.2, 0) is 24.3 Å². The molecule has 1 aliphatic rings. The van der Waals surface area contributed by atoms with Crippen LogP contribution in [0.25, 0.3) is 0 Å². The standard InChI is InChI=1S/C22H29N3O2/c23-21-8-4-3-5-17(21)9-10-22(27)24-15-18-6-1-2-7-19(18)16-25-13-11-20(26)12-14-25/h1-8,20,26H,9-16,23H2,(H,24,27). The minimum Gasteiger partial charge on any atom is -0.399 e. The van der Waals surface area contributed by atoms with E-state index in [2.05, 4.69) is 22.3 Å². The van der Waals surface area contributed by atoms with Gasteiger partial charge in [0.25, 0.3) is 0 Å². The van der Waals surface area contributed by atoms with E-state index in [1.54, 1.807) is 0 Å². The second-order valence-electron chi connectivity index (χ2n) is 7.25. The van der Waals surface area contributed by atoms with Crippen LogP contribution in [0.2, 0.25) is 0 Å².